The van der Waals surface area contributed by atoms with Crippen molar-refractivity contribution in [3.63, 3.8) is 0 Å². The van der Waals surface area contributed by atoms with Crippen LogP contribution in [0, 0.1) is 0 Å². The van der Waals surface area contributed by atoms with Crippen molar-refractivity contribution < 1.29 is 19.0 Å². The zero-order valence-corrected chi connectivity index (χ0v) is 10.4. The fourth-order valence-corrected chi connectivity index (χ4v) is 1.77. The van der Waals surface area contributed by atoms with Gasteiger partial charge in [0.25, 0.3) is 0 Å². The van der Waals surface area contributed by atoms with Gasteiger partial charge in [0.15, 0.2) is 5.60 Å². The van der Waals surface area contributed by atoms with Crippen molar-refractivity contribution >= 4 is 6.16 Å². The predicted molar refractivity (Wildman–Crippen MR) is 64.4 cm³/mol. The Labute approximate surface area is 106 Å². The van der Waals surface area contributed by atoms with Gasteiger partial charge in [-0.3, -0.25) is 0 Å². The second-order valence-corrected chi connectivity index (χ2v) is 4.40. The minimum atomic E-state index is -0.715. The molecule has 1 fully saturated rings. The van der Waals surface area contributed by atoms with Gasteiger partial charge in [0, 0.05) is 12.3 Å². The van der Waals surface area contributed by atoms with Crippen LogP contribution in [0.1, 0.15) is 26.2 Å². The van der Waals surface area contributed by atoms with Gasteiger partial charge in [0.1, 0.15) is 0 Å². The first-order chi connectivity index (χ1) is 8.74. The van der Waals surface area contributed by atoms with Crippen LogP contribution in [0.25, 0.3) is 0 Å². The first kappa shape index (κ1) is 12.8. The summed E-state index contributed by atoms with van der Waals surface area (Å²) in [7, 11) is 0. The SMILES string of the molecule is CCCCC1(OC(=O)Oc2ccccn2)COC1. The lowest BCUT2D eigenvalue weighted by Gasteiger charge is -2.39. The van der Waals surface area contributed by atoms with Crippen LogP contribution >= 0.6 is 0 Å². The number of carbonyl (C=O) groups excluding carboxylic acids is 1. The molecule has 0 atom stereocenters. The van der Waals surface area contributed by atoms with Gasteiger partial charge in [-0.15, -0.1) is 0 Å². The van der Waals surface area contributed by atoms with Gasteiger partial charge in [-0.25, -0.2) is 9.78 Å². The molecule has 0 saturated carbocycles. The third kappa shape index (κ3) is 3.20. The highest BCUT2D eigenvalue weighted by Crippen LogP contribution is 2.28. The largest absolute Gasteiger partial charge is 0.515 e. The summed E-state index contributed by atoms with van der Waals surface area (Å²) in [5.74, 6) is 0.244. The Morgan fingerprint density at radius 1 is 1.50 bits per heavy atom. The molecule has 0 aromatic carbocycles. The first-order valence-corrected chi connectivity index (χ1v) is 6.14. The van der Waals surface area contributed by atoms with E-state index in [1.54, 1.807) is 24.4 Å². The summed E-state index contributed by atoms with van der Waals surface area (Å²) in [6, 6.07) is 5.10. The second-order valence-electron chi connectivity index (χ2n) is 4.40. The third-order valence-corrected chi connectivity index (χ3v) is 2.84. The summed E-state index contributed by atoms with van der Waals surface area (Å²) in [5.41, 5.74) is -0.498. The molecular weight excluding hydrogens is 234 g/mol. The highest BCUT2D eigenvalue weighted by atomic mass is 16.8. The Bertz CT molecular complexity index is 389. The highest BCUT2D eigenvalue weighted by molar-refractivity contribution is 5.63. The molecule has 0 radical (unpaired) electrons. The maximum absolute atomic E-state index is 11.6. The lowest BCUT2D eigenvalue weighted by molar-refractivity contribution is -0.188. The van der Waals surface area contributed by atoms with Crippen molar-refractivity contribution in [2.24, 2.45) is 0 Å². The van der Waals surface area contributed by atoms with E-state index in [1.165, 1.54) is 0 Å². The highest BCUT2D eigenvalue weighted by Gasteiger charge is 2.42. The predicted octanol–water partition coefficient (Wildman–Crippen LogP) is 2.56. The zero-order chi connectivity index (χ0) is 12.8. The van der Waals surface area contributed by atoms with Gasteiger partial charge >= 0.3 is 6.16 Å². The minimum absolute atomic E-state index is 0.244. The van der Waals surface area contributed by atoms with Crippen molar-refractivity contribution in [1.29, 1.82) is 0 Å². The fourth-order valence-electron chi connectivity index (χ4n) is 1.77. The Morgan fingerprint density at radius 3 is 2.89 bits per heavy atom. The molecule has 2 rings (SSSR count). The number of nitrogens with zero attached hydrogens (tertiary/aromatic N) is 1. The molecule has 1 aromatic rings. The molecule has 1 aromatic heterocycles. The standard InChI is InChI=1S/C13H17NO4/c1-2-3-7-13(9-16-10-13)18-12(15)17-11-6-4-5-8-14-11/h4-6,8H,2-3,7,9-10H2,1H3. The average Bonchev–Trinajstić information content (AvgIpc) is 2.33. The number of hydrogen-bond acceptors (Lipinski definition) is 5. The fraction of sp³-hybridized carbons (Fsp3) is 0.538. The smallest absolute Gasteiger partial charge is 0.422 e. The minimum Gasteiger partial charge on any atom is -0.422 e. The summed E-state index contributed by atoms with van der Waals surface area (Å²) in [4.78, 5) is 15.5. The van der Waals surface area contributed by atoms with Gasteiger partial charge < -0.3 is 14.2 Å². The maximum atomic E-state index is 11.6. The number of carbonyl (C=O) groups is 1. The number of rotatable bonds is 5. The molecule has 0 spiro atoms. The molecule has 0 bridgehead atoms. The van der Waals surface area contributed by atoms with Gasteiger partial charge in [0.05, 0.1) is 13.2 Å². The van der Waals surface area contributed by atoms with Crippen molar-refractivity contribution in [2.45, 2.75) is 31.8 Å². The number of hydrogen-bond donors (Lipinski definition) is 0. The Kier molecular flexibility index (Phi) is 4.15. The van der Waals surface area contributed by atoms with E-state index in [4.69, 9.17) is 14.2 Å². The van der Waals surface area contributed by atoms with E-state index in [1.807, 2.05) is 0 Å². The van der Waals surface area contributed by atoms with Crippen molar-refractivity contribution in [3.8, 4) is 5.88 Å². The van der Waals surface area contributed by atoms with Crippen molar-refractivity contribution in [1.82, 2.24) is 4.98 Å². The van der Waals surface area contributed by atoms with E-state index in [0.717, 1.165) is 19.3 Å². The third-order valence-electron chi connectivity index (χ3n) is 2.84. The molecule has 5 nitrogen and oxygen atoms in total. The molecule has 1 aliphatic rings. The molecule has 1 aliphatic heterocycles. The molecule has 0 unspecified atom stereocenters. The number of aromatic nitrogens is 1. The van der Waals surface area contributed by atoms with Crippen LogP contribution in [-0.4, -0.2) is 30.0 Å². The summed E-state index contributed by atoms with van der Waals surface area (Å²) in [6.07, 6.45) is 3.71. The number of unbranched alkanes of at least 4 members (excludes halogenated alkanes) is 1. The molecule has 98 valence electrons. The van der Waals surface area contributed by atoms with Gasteiger partial charge in [0.2, 0.25) is 5.88 Å². The molecule has 5 heteroatoms. The molecule has 0 N–H and O–H groups in total. The summed E-state index contributed by atoms with van der Waals surface area (Å²) < 4.78 is 15.5. The van der Waals surface area contributed by atoms with Crippen LogP contribution in [0.4, 0.5) is 4.79 Å². The van der Waals surface area contributed by atoms with E-state index < -0.39 is 11.8 Å². The summed E-state index contributed by atoms with van der Waals surface area (Å²) >= 11 is 0. The van der Waals surface area contributed by atoms with Crippen LogP contribution in [0.15, 0.2) is 24.4 Å². The molecule has 1 saturated heterocycles. The molecule has 18 heavy (non-hydrogen) atoms. The van der Waals surface area contributed by atoms with Crippen LogP contribution < -0.4 is 4.74 Å². The Balaban J connectivity index is 1.86. The second kappa shape index (κ2) is 5.82. The molecule has 0 aliphatic carbocycles. The summed E-state index contributed by atoms with van der Waals surface area (Å²) in [6.45, 7) is 2.99. The van der Waals surface area contributed by atoms with E-state index in [9.17, 15) is 4.79 Å². The quantitative estimate of drug-likeness (QED) is 0.753. The Morgan fingerprint density at radius 2 is 2.33 bits per heavy atom. The lowest BCUT2D eigenvalue weighted by atomic mass is 9.95. The van der Waals surface area contributed by atoms with Gasteiger partial charge in [-0.05, 0) is 18.9 Å². The lowest BCUT2D eigenvalue weighted by Crippen LogP contribution is -2.53. The van der Waals surface area contributed by atoms with Gasteiger partial charge in [-0.2, -0.15) is 0 Å². The Hall–Kier alpha value is -1.62. The topological polar surface area (TPSA) is 57.7 Å². The first-order valence-electron chi connectivity index (χ1n) is 6.14. The van der Waals surface area contributed by atoms with Crippen LogP contribution in [0.2, 0.25) is 0 Å². The van der Waals surface area contributed by atoms with E-state index in [-0.39, 0.29) is 5.88 Å². The molecular formula is C13H17NO4. The van der Waals surface area contributed by atoms with Crippen LogP contribution in [0.3, 0.4) is 0 Å². The van der Waals surface area contributed by atoms with E-state index >= 15 is 0 Å². The normalized spacial score (nSPS) is 16.7. The van der Waals surface area contributed by atoms with Crippen molar-refractivity contribution in [3.05, 3.63) is 24.4 Å². The number of pyridine rings is 1. The van der Waals surface area contributed by atoms with Crippen LogP contribution in [0.5, 0.6) is 5.88 Å². The molecule has 0 amide bonds. The average molecular weight is 251 g/mol. The van der Waals surface area contributed by atoms with E-state index in [2.05, 4.69) is 11.9 Å². The van der Waals surface area contributed by atoms with Crippen LogP contribution in [-0.2, 0) is 9.47 Å². The van der Waals surface area contributed by atoms with Crippen molar-refractivity contribution in [2.75, 3.05) is 13.2 Å². The number of ether oxygens (including phenoxy) is 3. The van der Waals surface area contributed by atoms with E-state index in [0.29, 0.717) is 13.2 Å². The van der Waals surface area contributed by atoms with Gasteiger partial charge in [-0.1, -0.05) is 19.4 Å². The monoisotopic (exact) mass is 251 g/mol. The zero-order valence-electron chi connectivity index (χ0n) is 10.4. The molecule has 2 heterocycles. The summed E-state index contributed by atoms with van der Waals surface area (Å²) in [5, 5.41) is 0. The maximum Gasteiger partial charge on any atom is 0.515 e.